The van der Waals surface area contributed by atoms with E-state index in [1.807, 2.05) is 0 Å². The zero-order valence-corrected chi connectivity index (χ0v) is 8.65. The molecule has 0 aromatic heterocycles. The van der Waals surface area contributed by atoms with Crippen LogP contribution in [-0.4, -0.2) is 19.8 Å². The lowest BCUT2D eigenvalue weighted by Crippen LogP contribution is -2.35. The van der Waals surface area contributed by atoms with E-state index in [0.29, 0.717) is 13.2 Å². The van der Waals surface area contributed by atoms with Crippen molar-refractivity contribution in [3.8, 4) is 0 Å². The minimum atomic E-state index is -0.636. The Morgan fingerprint density at radius 3 is 2.53 bits per heavy atom. The number of halogens is 3. The Bertz CT molecular complexity index is 343. The Labute approximate surface area is 91.2 Å². The molecular weight excluding hydrogens is 224 g/mol. The van der Waals surface area contributed by atoms with E-state index in [9.17, 15) is 8.78 Å². The molecule has 1 saturated heterocycles. The molecule has 15 heavy (non-hydrogen) atoms. The highest BCUT2D eigenvalue weighted by atomic mass is 35.5. The molecule has 82 valence electrons. The molecule has 1 fully saturated rings. The molecule has 1 N–H and O–H groups in total. The second-order valence-electron chi connectivity index (χ2n) is 3.36. The van der Waals surface area contributed by atoms with Gasteiger partial charge in [0.2, 0.25) is 0 Å². The second-order valence-corrected chi connectivity index (χ2v) is 3.80. The summed E-state index contributed by atoms with van der Waals surface area (Å²) < 4.78 is 32.1. The number of ether oxygens (including phenoxy) is 1. The molecule has 5 heteroatoms. The van der Waals surface area contributed by atoms with Crippen molar-refractivity contribution in [1.29, 1.82) is 0 Å². The lowest BCUT2D eigenvalue weighted by molar-refractivity contribution is 0.0745. The minimum absolute atomic E-state index is 0.000833. The summed E-state index contributed by atoms with van der Waals surface area (Å²) in [7, 11) is 0. The van der Waals surface area contributed by atoms with E-state index >= 15 is 0 Å². The van der Waals surface area contributed by atoms with Gasteiger partial charge in [0, 0.05) is 17.1 Å². The predicted molar refractivity (Wildman–Crippen MR) is 52.9 cm³/mol. The van der Waals surface area contributed by atoms with Gasteiger partial charge in [-0.15, -0.1) is 0 Å². The lowest BCUT2D eigenvalue weighted by atomic mass is 10.1. The zero-order chi connectivity index (χ0) is 10.8. The molecule has 1 aliphatic heterocycles. The minimum Gasteiger partial charge on any atom is -0.378 e. The monoisotopic (exact) mass is 233 g/mol. The Hall–Kier alpha value is -0.710. The van der Waals surface area contributed by atoms with Gasteiger partial charge in [0.05, 0.1) is 19.3 Å². The average molecular weight is 234 g/mol. The summed E-state index contributed by atoms with van der Waals surface area (Å²) >= 11 is 5.53. The number of nitrogens with one attached hydrogen (secondary N) is 1. The average Bonchev–Trinajstić information content (AvgIpc) is 2.17. The predicted octanol–water partition coefficient (Wildman–Crippen LogP) is 2.28. The molecule has 1 atom stereocenters. The summed E-state index contributed by atoms with van der Waals surface area (Å²) in [5, 5.41) is 3.05. The van der Waals surface area contributed by atoms with Crippen molar-refractivity contribution < 1.29 is 13.5 Å². The maximum Gasteiger partial charge on any atom is 0.132 e. The summed E-state index contributed by atoms with van der Waals surface area (Å²) in [6.45, 7) is 1.43. The highest BCUT2D eigenvalue weighted by Gasteiger charge is 2.22. The topological polar surface area (TPSA) is 21.3 Å². The molecule has 0 amide bonds. The van der Waals surface area contributed by atoms with Crippen molar-refractivity contribution in [3.05, 3.63) is 34.4 Å². The van der Waals surface area contributed by atoms with Crippen molar-refractivity contribution >= 4 is 11.6 Å². The molecule has 2 nitrogen and oxygen atoms in total. The van der Waals surface area contributed by atoms with E-state index in [-0.39, 0.29) is 17.2 Å². The molecule has 1 aromatic rings. The molecule has 2 rings (SSSR count). The Morgan fingerprint density at radius 2 is 2.00 bits per heavy atom. The first-order valence-electron chi connectivity index (χ1n) is 4.64. The van der Waals surface area contributed by atoms with Crippen LogP contribution in [0.2, 0.25) is 5.02 Å². The molecular formula is C10H10ClF2NO. The molecule has 1 aliphatic rings. The van der Waals surface area contributed by atoms with Gasteiger partial charge in [-0.2, -0.15) is 0 Å². The van der Waals surface area contributed by atoms with Gasteiger partial charge in [0.25, 0.3) is 0 Å². The van der Waals surface area contributed by atoms with Crippen molar-refractivity contribution in [1.82, 2.24) is 5.32 Å². The van der Waals surface area contributed by atoms with Crippen LogP contribution < -0.4 is 5.32 Å². The molecule has 1 heterocycles. The smallest absolute Gasteiger partial charge is 0.132 e. The molecule has 0 bridgehead atoms. The van der Waals surface area contributed by atoms with Crippen LogP contribution in [0.4, 0.5) is 8.78 Å². The van der Waals surface area contributed by atoms with Gasteiger partial charge in [0.1, 0.15) is 11.6 Å². The maximum atomic E-state index is 13.5. The molecule has 0 aliphatic carbocycles. The Balaban J connectivity index is 2.33. The van der Waals surface area contributed by atoms with Gasteiger partial charge in [-0.05, 0) is 12.1 Å². The third-order valence-corrected chi connectivity index (χ3v) is 2.53. The van der Waals surface area contributed by atoms with Gasteiger partial charge < -0.3 is 10.1 Å². The molecule has 1 unspecified atom stereocenters. The number of benzene rings is 1. The van der Waals surface area contributed by atoms with Crippen molar-refractivity contribution in [2.45, 2.75) is 6.04 Å². The van der Waals surface area contributed by atoms with Gasteiger partial charge in [-0.1, -0.05) is 11.6 Å². The van der Waals surface area contributed by atoms with E-state index in [0.717, 1.165) is 12.1 Å². The van der Waals surface area contributed by atoms with Gasteiger partial charge in [-0.25, -0.2) is 8.78 Å². The van der Waals surface area contributed by atoms with Gasteiger partial charge in [-0.3, -0.25) is 0 Å². The lowest BCUT2D eigenvalue weighted by Gasteiger charge is -2.24. The molecule has 1 aromatic carbocycles. The van der Waals surface area contributed by atoms with E-state index in [2.05, 4.69) is 5.32 Å². The van der Waals surface area contributed by atoms with Crippen LogP contribution in [0.15, 0.2) is 12.1 Å². The fourth-order valence-corrected chi connectivity index (χ4v) is 1.83. The van der Waals surface area contributed by atoms with E-state index < -0.39 is 17.7 Å². The first-order valence-corrected chi connectivity index (χ1v) is 5.02. The first-order chi connectivity index (χ1) is 7.18. The summed E-state index contributed by atoms with van der Waals surface area (Å²) in [5.74, 6) is -1.27. The van der Waals surface area contributed by atoms with Crippen LogP contribution in [0.25, 0.3) is 0 Å². The summed E-state index contributed by atoms with van der Waals surface area (Å²) in [5.41, 5.74) is -0.000833. The molecule has 0 radical (unpaired) electrons. The van der Waals surface area contributed by atoms with Crippen LogP contribution >= 0.6 is 11.6 Å². The van der Waals surface area contributed by atoms with E-state index in [1.165, 1.54) is 0 Å². The third-order valence-electron chi connectivity index (χ3n) is 2.31. The van der Waals surface area contributed by atoms with Crippen LogP contribution in [0.5, 0.6) is 0 Å². The van der Waals surface area contributed by atoms with E-state index in [4.69, 9.17) is 16.3 Å². The largest absolute Gasteiger partial charge is 0.378 e. The van der Waals surface area contributed by atoms with Crippen molar-refractivity contribution in [2.24, 2.45) is 0 Å². The normalized spacial score (nSPS) is 21.7. The Morgan fingerprint density at radius 1 is 1.33 bits per heavy atom. The highest BCUT2D eigenvalue weighted by Crippen LogP contribution is 2.25. The highest BCUT2D eigenvalue weighted by molar-refractivity contribution is 6.30. The van der Waals surface area contributed by atoms with Crippen molar-refractivity contribution in [3.63, 3.8) is 0 Å². The summed E-state index contributed by atoms with van der Waals surface area (Å²) in [6.07, 6.45) is 0. The van der Waals surface area contributed by atoms with Crippen LogP contribution in [0.1, 0.15) is 11.6 Å². The fraction of sp³-hybridized carbons (Fsp3) is 0.400. The standard InChI is InChI=1S/C10H10ClF2NO/c11-6-3-7(12)10(8(13)4-6)9-5-15-2-1-14-9/h3-4,9,14H,1-2,5H2. The summed E-state index contributed by atoms with van der Waals surface area (Å²) in [6, 6.07) is 1.78. The van der Waals surface area contributed by atoms with Gasteiger partial charge in [0.15, 0.2) is 0 Å². The summed E-state index contributed by atoms with van der Waals surface area (Å²) in [4.78, 5) is 0. The number of rotatable bonds is 1. The molecule has 0 spiro atoms. The maximum absolute atomic E-state index is 13.5. The third kappa shape index (κ3) is 2.27. The first kappa shape index (κ1) is 10.8. The van der Waals surface area contributed by atoms with Crippen molar-refractivity contribution in [2.75, 3.05) is 19.8 Å². The number of hydrogen-bond acceptors (Lipinski definition) is 2. The van der Waals surface area contributed by atoms with Crippen LogP contribution in [0, 0.1) is 11.6 Å². The zero-order valence-electron chi connectivity index (χ0n) is 7.90. The number of hydrogen-bond donors (Lipinski definition) is 1. The van der Waals surface area contributed by atoms with Crippen LogP contribution in [0.3, 0.4) is 0 Å². The van der Waals surface area contributed by atoms with Crippen LogP contribution in [-0.2, 0) is 4.74 Å². The van der Waals surface area contributed by atoms with E-state index in [1.54, 1.807) is 0 Å². The number of morpholine rings is 1. The molecule has 0 saturated carbocycles. The Kier molecular flexibility index (Phi) is 3.19. The van der Waals surface area contributed by atoms with Gasteiger partial charge >= 0.3 is 0 Å². The fourth-order valence-electron chi connectivity index (χ4n) is 1.64. The second kappa shape index (κ2) is 4.43. The SMILES string of the molecule is Fc1cc(Cl)cc(F)c1C1COCCN1. The quantitative estimate of drug-likeness (QED) is 0.804.